The van der Waals surface area contributed by atoms with E-state index in [1.807, 2.05) is 6.92 Å². The lowest BCUT2D eigenvalue weighted by Crippen LogP contribution is -2.44. The number of carbonyl (C=O) groups excluding carboxylic acids is 1. The lowest BCUT2D eigenvalue weighted by molar-refractivity contribution is -0.148. The minimum atomic E-state index is -0.775. The van der Waals surface area contributed by atoms with Crippen molar-refractivity contribution >= 4 is 12.0 Å². The van der Waals surface area contributed by atoms with Crippen LogP contribution in [0.2, 0.25) is 0 Å². The van der Waals surface area contributed by atoms with E-state index in [0.29, 0.717) is 38.4 Å². The molecular formula is C16H30N2O3. The smallest absolute Gasteiger partial charge is 0.317 e. The van der Waals surface area contributed by atoms with E-state index < -0.39 is 11.4 Å². The molecule has 2 unspecified atom stereocenters. The number of hydrogen-bond acceptors (Lipinski definition) is 2. The summed E-state index contributed by atoms with van der Waals surface area (Å²) in [7, 11) is 0. The summed E-state index contributed by atoms with van der Waals surface area (Å²) >= 11 is 0. The van der Waals surface area contributed by atoms with Gasteiger partial charge < -0.3 is 15.3 Å². The fraction of sp³-hybridized carbons (Fsp3) is 0.875. The van der Waals surface area contributed by atoms with Crippen molar-refractivity contribution in [1.29, 1.82) is 0 Å². The minimum Gasteiger partial charge on any atom is -0.481 e. The Morgan fingerprint density at radius 3 is 2.48 bits per heavy atom. The Balaban J connectivity index is 2.56. The highest BCUT2D eigenvalue weighted by atomic mass is 16.4. The topological polar surface area (TPSA) is 69.6 Å². The second-order valence-corrected chi connectivity index (χ2v) is 7.46. The average molecular weight is 298 g/mol. The molecule has 5 heteroatoms. The molecule has 1 heterocycles. The number of nitrogens with one attached hydrogen (secondary N) is 1. The molecule has 1 fully saturated rings. The molecule has 21 heavy (non-hydrogen) atoms. The van der Waals surface area contributed by atoms with Gasteiger partial charge in [-0.2, -0.15) is 0 Å². The standard InChI is InChI=1S/C16H30N2O3/c1-6-7-16(13(19)20)8-9-18(11-16)14(21)17-10-12(2)15(3,4)5/h12H,6-11H2,1-5H3,(H,17,21)(H,19,20). The Morgan fingerprint density at radius 1 is 1.38 bits per heavy atom. The van der Waals surface area contributed by atoms with Crippen LogP contribution in [0.5, 0.6) is 0 Å². The molecule has 2 amide bonds. The van der Waals surface area contributed by atoms with Gasteiger partial charge in [-0.25, -0.2) is 4.79 Å². The highest BCUT2D eigenvalue weighted by Gasteiger charge is 2.45. The van der Waals surface area contributed by atoms with E-state index >= 15 is 0 Å². The molecule has 1 aliphatic heterocycles. The number of carboxylic acids is 1. The molecule has 2 N–H and O–H groups in total. The first-order valence-corrected chi connectivity index (χ1v) is 7.88. The van der Waals surface area contributed by atoms with Gasteiger partial charge >= 0.3 is 12.0 Å². The normalized spacial score (nSPS) is 24.0. The Bertz CT molecular complexity index is 389. The summed E-state index contributed by atoms with van der Waals surface area (Å²) in [5.41, 5.74) is -0.604. The predicted molar refractivity (Wildman–Crippen MR) is 83.2 cm³/mol. The molecule has 0 radical (unpaired) electrons. The maximum atomic E-state index is 12.2. The molecule has 0 saturated carbocycles. The third kappa shape index (κ3) is 4.35. The van der Waals surface area contributed by atoms with Crippen molar-refractivity contribution < 1.29 is 14.7 Å². The van der Waals surface area contributed by atoms with Crippen LogP contribution in [0.1, 0.15) is 53.9 Å². The molecule has 5 nitrogen and oxygen atoms in total. The number of carboxylic acid groups (broad SMARTS) is 1. The molecule has 0 aromatic heterocycles. The first kappa shape index (κ1) is 17.8. The average Bonchev–Trinajstić information content (AvgIpc) is 2.80. The summed E-state index contributed by atoms with van der Waals surface area (Å²) in [6.07, 6.45) is 2.01. The molecular weight excluding hydrogens is 268 g/mol. The maximum Gasteiger partial charge on any atom is 0.317 e. The van der Waals surface area contributed by atoms with Gasteiger partial charge in [0.1, 0.15) is 0 Å². The lowest BCUT2D eigenvalue weighted by atomic mass is 9.82. The van der Waals surface area contributed by atoms with E-state index in [4.69, 9.17) is 0 Å². The molecule has 2 atom stereocenters. The summed E-state index contributed by atoms with van der Waals surface area (Å²) in [5.74, 6) is -0.411. The van der Waals surface area contributed by atoms with Gasteiger partial charge in [-0.15, -0.1) is 0 Å². The van der Waals surface area contributed by atoms with Crippen molar-refractivity contribution in [3.05, 3.63) is 0 Å². The molecule has 1 aliphatic rings. The van der Waals surface area contributed by atoms with Gasteiger partial charge in [0, 0.05) is 19.6 Å². The zero-order valence-corrected chi connectivity index (χ0v) is 14.0. The number of carbonyl (C=O) groups is 2. The summed E-state index contributed by atoms with van der Waals surface area (Å²) < 4.78 is 0. The highest BCUT2D eigenvalue weighted by molar-refractivity contribution is 5.79. The summed E-state index contributed by atoms with van der Waals surface area (Å²) in [6, 6.07) is -0.134. The largest absolute Gasteiger partial charge is 0.481 e. The zero-order valence-electron chi connectivity index (χ0n) is 14.0. The van der Waals surface area contributed by atoms with Crippen LogP contribution in [-0.2, 0) is 4.79 Å². The van der Waals surface area contributed by atoms with Crippen LogP contribution in [0.3, 0.4) is 0 Å². The van der Waals surface area contributed by atoms with E-state index in [2.05, 4.69) is 33.0 Å². The molecule has 0 aromatic carbocycles. The van der Waals surface area contributed by atoms with Crippen LogP contribution in [0, 0.1) is 16.7 Å². The molecule has 0 spiro atoms. The van der Waals surface area contributed by atoms with Gasteiger partial charge in [0.15, 0.2) is 0 Å². The Labute approximate surface area is 128 Å². The zero-order chi connectivity index (χ0) is 16.3. The number of hydrogen-bond donors (Lipinski definition) is 2. The van der Waals surface area contributed by atoms with Crippen molar-refractivity contribution in [3.8, 4) is 0 Å². The second-order valence-electron chi connectivity index (χ2n) is 7.46. The van der Waals surface area contributed by atoms with Gasteiger partial charge in [-0.3, -0.25) is 4.79 Å². The van der Waals surface area contributed by atoms with Crippen LogP contribution in [0.15, 0.2) is 0 Å². The van der Waals surface area contributed by atoms with Crippen LogP contribution in [0.25, 0.3) is 0 Å². The van der Waals surface area contributed by atoms with Gasteiger partial charge in [-0.1, -0.05) is 41.0 Å². The van der Waals surface area contributed by atoms with Crippen molar-refractivity contribution in [2.45, 2.75) is 53.9 Å². The van der Waals surface area contributed by atoms with Crippen molar-refractivity contribution in [1.82, 2.24) is 10.2 Å². The van der Waals surface area contributed by atoms with Gasteiger partial charge in [0.2, 0.25) is 0 Å². The van der Waals surface area contributed by atoms with E-state index in [1.54, 1.807) is 4.90 Å². The lowest BCUT2D eigenvalue weighted by Gasteiger charge is -2.29. The van der Waals surface area contributed by atoms with E-state index in [0.717, 1.165) is 6.42 Å². The Morgan fingerprint density at radius 2 is 2.00 bits per heavy atom. The SMILES string of the molecule is CCCC1(C(=O)O)CCN(C(=O)NCC(C)C(C)(C)C)C1. The van der Waals surface area contributed by atoms with E-state index in [9.17, 15) is 14.7 Å². The first-order valence-electron chi connectivity index (χ1n) is 7.88. The first-order chi connectivity index (χ1) is 9.62. The second kappa shape index (κ2) is 6.67. The highest BCUT2D eigenvalue weighted by Crippen LogP contribution is 2.35. The van der Waals surface area contributed by atoms with E-state index in [1.165, 1.54) is 0 Å². The number of aliphatic carboxylic acids is 1. The summed E-state index contributed by atoms with van der Waals surface area (Å²) in [4.78, 5) is 25.4. The molecule has 1 saturated heterocycles. The van der Waals surface area contributed by atoms with Gasteiger partial charge in [0.25, 0.3) is 0 Å². The molecule has 122 valence electrons. The number of nitrogens with zero attached hydrogens (tertiary/aromatic N) is 1. The third-order valence-electron chi connectivity index (χ3n) is 4.86. The molecule has 1 rings (SSSR count). The number of rotatable bonds is 5. The van der Waals surface area contributed by atoms with Gasteiger partial charge in [0.05, 0.1) is 5.41 Å². The quantitative estimate of drug-likeness (QED) is 0.820. The van der Waals surface area contributed by atoms with Crippen LogP contribution in [-0.4, -0.2) is 41.6 Å². The fourth-order valence-electron chi connectivity index (χ4n) is 2.67. The van der Waals surface area contributed by atoms with Crippen molar-refractivity contribution in [2.24, 2.45) is 16.7 Å². The Kier molecular flexibility index (Phi) is 5.65. The van der Waals surface area contributed by atoms with Gasteiger partial charge in [-0.05, 0) is 24.2 Å². The van der Waals surface area contributed by atoms with E-state index in [-0.39, 0.29) is 11.4 Å². The Hall–Kier alpha value is -1.26. The van der Waals surface area contributed by atoms with Crippen LogP contribution in [0.4, 0.5) is 4.79 Å². The number of likely N-dealkylation sites (tertiary alicyclic amines) is 1. The summed E-state index contributed by atoms with van der Waals surface area (Å²) in [6.45, 7) is 12.0. The fourth-order valence-corrected chi connectivity index (χ4v) is 2.67. The number of amides is 2. The van der Waals surface area contributed by atoms with Crippen molar-refractivity contribution in [3.63, 3.8) is 0 Å². The monoisotopic (exact) mass is 298 g/mol. The molecule has 0 aliphatic carbocycles. The molecule has 0 aromatic rings. The predicted octanol–water partition coefficient (Wildman–Crippen LogP) is 2.96. The minimum absolute atomic E-state index is 0.134. The summed E-state index contributed by atoms with van der Waals surface area (Å²) in [5, 5.41) is 12.4. The van der Waals surface area contributed by atoms with Crippen LogP contribution >= 0.6 is 0 Å². The number of urea groups is 1. The molecule has 0 bridgehead atoms. The third-order valence-corrected chi connectivity index (χ3v) is 4.86. The van der Waals surface area contributed by atoms with Crippen molar-refractivity contribution in [2.75, 3.05) is 19.6 Å². The maximum absolute atomic E-state index is 12.2. The van der Waals surface area contributed by atoms with Crippen LogP contribution < -0.4 is 5.32 Å².